The summed E-state index contributed by atoms with van der Waals surface area (Å²) in [5.41, 5.74) is 0.0363. The molecule has 1 aliphatic heterocycles. The molecule has 1 aromatic heterocycles. The summed E-state index contributed by atoms with van der Waals surface area (Å²) in [7, 11) is 0. The highest BCUT2D eigenvalue weighted by molar-refractivity contribution is 5.94. The molecule has 1 fully saturated rings. The second kappa shape index (κ2) is 8.18. The molecule has 0 radical (unpaired) electrons. The zero-order valence-electron chi connectivity index (χ0n) is 15.6. The van der Waals surface area contributed by atoms with Crippen LogP contribution in [-0.4, -0.2) is 46.9 Å². The molecule has 0 unspecified atom stereocenters. The number of carbonyl (C=O) groups is 1. The van der Waals surface area contributed by atoms with Gasteiger partial charge in [-0.05, 0) is 25.0 Å². The number of hydrogen-bond acceptors (Lipinski definition) is 3. The number of aryl methyl sites for hydroxylation is 1. The van der Waals surface area contributed by atoms with E-state index >= 15 is 0 Å². The summed E-state index contributed by atoms with van der Waals surface area (Å²) < 4.78 is 38.7. The van der Waals surface area contributed by atoms with Crippen molar-refractivity contribution in [3.63, 3.8) is 0 Å². The maximum atomic E-state index is 12.9. The maximum absolute atomic E-state index is 12.9. The number of rotatable bonds is 3. The number of amides is 1. The zero-order chi connectivity index (χ0) is 20.3. The summed E-state index contributed by atoms with van der Waals surface area (Å²) in [6.07, 6.45) is -3.35. The third kappa shape index (κ3) is 4.81. The Morgan fingerprint density at radius 3 is 2.50 bits per heavy atom. The van der Waals surface area contributed by atoms with Crippen LogP contribution >= 0.6 is 0 Å². The number of hydrogen-bond donors (Lipinski definition) is 1. The average molecular weight is 393 g/mol. The van der Waals surface area contributed by atoms with Gasteiger partial charge in [0.05, 0.1) is 5.56 Å². The molecule has 2 heterocycles. The summed E-state index contributed by atoms with van der Waals surface area (Å²) in [4.78, 5) is 30.3. The van der Waals surface area contributed by atoms with E-state index in [0.29, 0.717) is 38.3 Å². The van der Waals surface area contributed by atoms with Crippen molar-refractivity contribution in [3.05, 3.63) is 69.1 Å². The van der Waals surface area contributed by atoms with Crippen LogP contribution < -0.4 is 5.56 Å². The molecule has 0 saturated carbocycles. The number of nitrogens with one attached hydrogen (secondary N) is 1. The molecule has 1 aromatic carbocycles. The van der Waals surface area contributed by atoms with Gasteiger partial charge < -0.3 is 9.88 Å². The number of benzene rings is 1. The van der Waals surface area contributed by atoms with Gasteiger partial charge >= 0.3 is 6.18 Å². The van der Waals surface area contributed by atoms with Gasteiger partial charge in [0.1, 0.15) is 5.56 Å². The van der Waals surface area contributed by atoms with Crippen molar-refractivity contribution in [2.45, 2.75) is 26.1 Å². The first kappa shape index (κ1) is 20.1. The first-order valence-electron chi connectivity index (χ1n) is 9.11. The van der Waals surface area contributed by atoms with Gasteiger partial charge in [-0.2, -0.15) is 13.2 Å². The third-order valence-electron chi connectivity index (χ3n) is 4.86. The van der Waals surface area contributed by atoms with Crippen molar-refractivity contribution in [1.29, 1.82) is 0 Å². The van der Waals surface area contributed by atoms with Crippen LogP contribution in [0.4, 0.5) is 13.2 Å². The molecule has 28 heavy (non-hydrogen) atoms. The number of aromatic nitrogens is 1. The fourth-order valence-corrected chi connectivity index (χ4v) is 3.26. The lowest BCUT2D eigenvalue weighted by molar-refractivity contribution is -0.137. The Kier molecular flexibility index (Phi) is 5.88. The molecule has 1 aliphatic rings. The van der Waals surface area contributed by atoms with Crippen LogP contribution in [0.25, 0.3) is 0 Å². The molecule has 8 heteroatoms. The Bertz CT molecular complexity index is 891. The number of H-pyrrole nitrogens is 1. The van der Waals surface area contributed by atoms with Crippen molar-refractivity contribution in [3.8, 4) is 0 Å². The van der Waals surface area contributed by atoms with Crippen molar-refractivity contribution < 1.29 is 18.0 Å². The second-order valence-corrected chi connectivity index (χ2v) is 7.04. The minimum absolute atomic E-state index is 0.361. The van der Waals surface area contributed by atoms with Gasteiger partial charge in [0, 0.05) is 38.9 Å². The second-order valence-electron chi connectivity index (χ2n) is 7.04. The molecule has 150 valence electrons. The Morgan fingerprint density at radius 1 is 1.11 bits per heavy atom. The Morgan fingerprint density at radius 2 is 1.82 bits per heavy atom. The van der Waals surface area contributed by atoms with E-state index in [0.717, 1.165) is 13.1 Å². The summed E-state index contributed by atoms with van der Waals surface area (Å²) >= 11 is 0. The highest BCUT2D eigenvalue weighted by Gasteiger charge is 2.33. The molecule has 2 aromatic rings. The molecule has 1 saturated heterocycles. The number of alkyl halides is 3. The van der Waals surface area contributed by atoms with Crippen LogP contribution in [0, 0.1) is 6.92 Å². The highest BCUT2D eigenvalue weighted by Crippen LogP contribution is 2.28. The van der Waals surface area contributed by atoms with E-state index in [-0.39, 0.29) is 0 Å². The van der Waals surface area contributed by atoms with Crippen LogP contribution in [0.5, 0.6) is 0 Å². The topological polar surface area (TPSA) is 56.4 Å². The van der Waals surface area contributed by atoms with E-state index in [9.17, 15) is 22.8 Å². The number of nitrogens with zero attached hydrogens (tertiary/aromatic N) is 2. The maximum Gasteiger partial charge on any atom is 0.417 e. The van der Waals surface area contributed by atoms with Gasteiger partial charge in [0.25, 0.3) is 11.5 Å². The van der Waals surface area contributed by atoms with E-state index in [4.69, 9.17) is 0 Å². The van der Waals surface area contributed by atoms with Crippen molar-refractivity contribution in [1.82, 2.24) is 14.8 Å². The minimum atomic E-state index is -4.62. The fourth-order valence-electron chi connectivity index (χ4n) is 3.26. The Balaban J connectivity index is 1.69. The van der Waals surface area contributed by atoms with E-state index in [2.05, 4.69) is 17.0 Å². The number of pyridine rings is 1. The van der Waals surface area contributed by atoms with E-state index in [1.165, 1.54) is 16.0 Å². The first-order chi connectivity index (χ1) is 13.2. The Hall–Kier alpha value is -2.61. The monoisotopic (exact) mass is 393 g/mol. The molecule has 0 bridgehead atoms. The van der Waals surface area contributed by atoms with Crippen molar-refractivity contribution in [2.75, 3.05) is 26.2 Å². The predicted octanol–water partition coefficient (Wildman–Crippen LogP) is 3.05. The smallest absolute Gasteiger partial charge is 0.337 e. The lowest BCUT2D eigenvalue weighted by Crippen LogP contribution is -2.38. The van der Waals surface area contributed by atoms with Crippen LogP contribution in [0.15, 0.2) is 41.3 Å². The van der Waals surface area contributed by atoms with E-state index in [1.54, 1.807) is 0 Å². The van der Waals surface area contributed by atoms with Gasteiger partial charge in [-0.1, -0.05) is 29.8 Å². The molecule has 0 atom stereocenters. The third-order valence-corrected chi connectivity index (χ3v) is 4.86. The standard InChI is InChI=1S/C20H22F3N3O2/c1-14-3-5-15(6-4-14)13-25-7-2-8-26(10-9-25)19(28)17-11-16(20(21,22)23)12-24-18(17)27/h3-6,11-12H,2,7-10,13H2,1H3,(H,24,27). The first-order valence-corrected chi connectivity index (χ1v) is 9.11. The molecule has 0 spiro atoms. The number of aromatic amines is 1. The number of halogens is 3. The number of carbonyl (C=O) groups excluding carboxylic acids is 1. The van der Waals surface area contributed by atoms with Gasteiger partial charge in [0.15, 0.2) is 0 Å². The summed E-state index contributed by atoms with van der Waals surface area (Å²) in [5, 5.41) is 0. The van der Waals surface area contributed by atoms with Crippen LogP contribution in [-0.2, 0) is 12.7 Å². The van der Waals surface area contributed by atoms with Gasteiger partial charge in [-0.25, -0.2) is 0 Å². The molecule has 1 N–H and O–H groups in total. The summed E-state index contributed by atoms with van der Waals surface area (Å²) in [6.45, 7) is 4.90. The summed E-state index contributed by atoms with van der Waals surface area (Å²) in [5.74, 6) is -0.662. The molecular weight excluding hydrogens is 371 g/mol. The molecular formula is C20H22F3N3O2. The molecule has 1 amide bonds. The van der Waals surface area contributed by atoms with Crippen molar-refractivity contribution >= 4 is 5.91 Å². The zero-order valence-corrected chi connectivity index (χ0v) is 15.6. The van der Waals surface area contributed by atoms with Gasteiger partial charge in [0.2, 0.25) is 0 Å². The van der Waals surface area contributed by atoms with E-state index < -0.39 is 28.8 Å². The minimum Gasteiger partial charge on any atom is -0.337 e. The summed E-state index contributed by atoms with van der Waals surface area (Å²) in [6, 6.07) is 8.85. The SMILES string of the molecule is Cc1ccc(CN2CCCN(C(=O)c3cc(C(F)(F)F)c[nH]c3=O)CC2)cc1. The molecule has 0 aliphatic carbocycles. The predicted molar refractivity (Wildman–Crippen MR) is 99.0 cm³/mol. The normalized spacial score (nSPS) is 16.1. The van der Waals surface area contributed by atoms with Gasteiger partial charge in [-0.15, -0.1) is 0 Å². The van der Waals surface area contributed by atoms with E-state index in [1.807, 2.05) is 24.0 Å². The average Bonchev–Trinajstić information content (AvgIpc) is 2.88. The highest BCUT2D eigenvalue weighted by atomic mass is 19.4. The lowest BCUT2D eigenvalue weighted by atomic mass is 10.1. The van der Waals surface area contributed by atoms with Crippen molar-refractivity contribution in [2.24, 2.45) is 0 Å². The molecule has 3 rings (SSSR count). The lowest BCUT2D eigenvalue weighted by Gasteiger charge is -2.22. The van der Waals surface area contributed by atoms with Crippen LogP contribution in [0.3, 0.4) is 0 Å². The quantitative estimate of drug-likeness (QED) is 0.872. The Labute approximate surface area is 160 Å². The fraction of sp³-hybridized carbons (Fsp3) is 0.400. The van der Waals surface area contributed by atoms with Crippen LogP contribution in [0.1, 0.15) is 33.5 Å². The van der Waals surface area contributed by atoms with Crippen LogP contribution in [0.2, 0.25) is 0 Å². The largest absolute Gasteiger partial charge is 0.417 e. The molecule has 5 nitrogen and oxygen atoms in total. The van der Waals surface area contributed by atoms with Gasteiger partial charge in [-0.3, -0.25) is 14.5 Å².